The van der Waals surface area contributed by atoms with Crippen molar-refractivity contribution in [1.82, 2.24) is 4.98 Å². The van der Waals surface area contributed by atoms with Gasteiger partial charge in [-0.1, -0.05) is 165 Å². The van der Waals surface area contributed by atoms with E-state index in [0.717, 1.165) is 40.1 Å². The average Bonchev–Trinajstić information content (AvgIpc) is 3.63. The molecule has 0 aliphatic heterocycles. The van der Waals surface area contributed by atoms with Crippen LogP contribution in [0.3, 0.4) is 0 Å². The van der Waals surface area contributed by atoms with E-state index < -0.39 is 0 Å². The van der Waals surface area contributed by atoms with Gasteiger partial charge in [0.2, 0.25) is 0 Å². The van der Waals surface area contributed by atoms with E-state index in [9.17, 15) is 0 Å². The Morgan fingerprint density at radius 2 is 1.29 bits per heavy atom. The van der Waals surface area contributed by atoms with Crippen molar-refractivity contribution in [3.8, 4) is 11.1 Å². The van der Waals surface area contributed by atoms with Crippen LogP contribution in [0.4, 0.5) is 17.1 Å². The van der Waals surface area contributed by atoms with E-state index in [-0.39, 0.29) is 0 Å². The topological polar surface area (TPSA) is 40.2 Å². The van der Waals surface area contributed by atoms with E-state index in [2.05, 4.69) is 169 Å². The van der Waals surface area contributed by atoms with Gasteiger partial charge in [0, 0.05) is 33.1 Å². The van der Waals surface area contributed by atoms with Gasteiger partial charge in [0.05, 0.1) is 11.2 Å². The summed E-state index contributed by atoms with van der Waals surface area (Å²) < 4.78 is 0. The number of fused-ring (bicyclic) bond motifs is 8. The lowest BCUT2D eigenvalue weighted by Crippen LogP contribution is -1.92. The molecule has 2 N–H and O–H groups in total. The van der Waals surface area contributed by atoms with Crippen LogP contribution in [-0.4, -0.2) is 11.7 Å². The van der Waals surface area contributed by atoms with Gasteiger partial charge in [-0.2, -0.15) is 0 Å². The zero-order valence-electron chi connectivity index (χ0n) is 31.6. The highest BCUT2D eigenvalue weighted by Gasteiger charge is 2.15. The summed E-state index contributed by atoms with van der Waals surface area (Å²) in [4.78, 5) is 7.83. The van der Waals surface area contributed by atoms with Gasteiger partial charge in [-0.25, -0.2) is 0 Å². The van der Waals surface area contributed by atoms with Crippen molar-refractivity contribution < 1.29 is 0 Å². The maximum absolute atomic E-state index is 4.12. The Morgan fingerprint density at radius 3 is 2.00 bits per heavy atom. The molecule has 0 aliphatic carbocycles. The summed E-state index contributed by atoms with van der Waals surface area (Å²) in [5.74, 6) is 0. The summed E-state index contributed by atoms with van der Waals surface area (Å²) in [6.07, 6.45) is 8.90. The van der Waals surface area contributed by atoms with Crippen molar-refractivity contribution in [3.63, 3.8) is 0 Å². The zero-order chi connectivity index (χ0) is 38.4. The lowest BCUT2D eigenvalue weighted by atomic mass is 9.93. The molecule has 0 spiro atoms. The van der Waals surface area contributed by atoms with Gasteiger partial charge in [-0.3, -0.25) is 4.99 Å². The lowest BCUT2D eigenvalue weighted by molar-refractivity contribution is 1.19. The molecule has 0 saturated carbocycles. The van der Waals surface area contributed by atoms with Gasteiger partial charge in [-0.05, 0) is 105 Å². The maximum Gasteiger partial charge on any atom is 0.0657 e. The fourth-order valence-electron chi connectivity index (χ4n) is 7.77. The van der Waals surface area contributed by atoms with E-state index in [0.29, 0.717) is 0 Å². The van der Waals surface area contributed by atoms with Crippen molar-refractivity contribution in [2.24, 2.45) is 4.99 Å². The van der Waals surface area contributed by atoms with Gasteiger partial charge in [0.25, 0.3) is 0 Å². The fourth-order valence-corrected chi connectivity index (χ4v) is 7.77. The Hall–Kier alpha value is -7.23. The largest absolute Gasteiger partial charge is 0.355 e. The first kappa shape index (κ1) is 35.8. The number of hydrogen-bond donors (Lipinski definition) is 2. The smallest absolute Gasteiger partial charge is 0.0657 e. The maximum atomic E-state index is 4.12. The van der Waals surface area contributed by atoms with E-state index >= 15 is 0 Å². The Morgan fingerprint density at radius 1 is 0.625 bits per heavy atom. The molecule has 0 bridgehead atoms. The van der Waals surface area contributed by atoms with Crippen molar-refractivity contribution >= 4 is 85.4 Å². The van der Waals surface area contributed by atoms with Crippen LogP contribution in [-0.2, 0) is 6.42 Å². The van der Waals surface area contributed by atoms with E-state index in [1.165, 1.54) is 65.7 Å². The number of benzene rings is 8. The lowest BCUT2D eigenvalue weighted by Gasteiger charge is -2.11. The van der Waals surface area contributed by atoms with Crippen LogP contribution < -0.4 is 5.32 Å². The molecule has 0 fully saturated rings. The summed E-state index contributed by atoms with van der Waals surface area (Å²) >= 11 is 0. The number of aliphatic imine (C=N–C) groups is 1. The molecule has 1 heterocycles. The first-order valence-corrected chi connectivity index (χ1v) is 19.0. The Kier molecular flexibility index (Phi) is 10.2. The highest BCUT2D eigenvalue weighted by molar-refractivity contribution is 6.31. The van der Waals surface area contributed by atoms with Gasteiger partial charge in [-0.15, -0.1) is 0 Å². The van der Waals surface area contributed by atoms with Crippen LogP contribution in [0.25, 0.3) is 72.7 Å². The molecule has 9 aromatic rings. The summed E-state index contributed by atoms with van der Waals surface area (Å²) in [5.41, 5.74) is 13.7. The Labute approximate surface area is 328 Å². The molecule has 3 heteroatoms. The van der Waals surface area contributed by atoms with Crippen LogP contribution in [0.5, 0.6) is 0 Å². The molecule has 3 nitrogen and oxygen atoms in total. The number of aromatic amines is 1. The fraction of sp³-hybridized carbons (Fsp3) is 0.0377. The molecule has 270 valence electrons. The summed E-state index contributed by atoms with van der Waals surface area (Å²) in [6.45, 7) is 13.7. The number of para-hydroxylation sites is 2. The van der Waals surface area contributed by atoms with Gasteiger partial charge >= 0.3 is 0 Å². The quantitative estimate of drug-likeness (QED) is 0.113. The SMILES string of the molecule is C=Cc1cc2c(cc1Nc1ccccc1)[nH]c1c3ccccc3c3ccccc3c21.C=Cc1cccc(-c2ccc(Cc3ccccc3N=C)cc2)c1/C=C\C. The Bertz CT molecular complexity index is 2910. The third kappa shape index (κ3) is 6.95. The number of rotatable bonds is 9. The van der Waals surface area contributed by atoms with Crippen LogP contribution >= 0.6 is 0 Å². The van der Waals surface area contributed by atoms with E-state index in [1.807, 2.05) is 55.5 Å². The van der Waals surface area contributed by atoms with Crippen molar-refractivity contribution in [3.05, 3.63) is 205 Å². The molecular formula is C53H43N3. The number of H-pyrrole nitrogens is 1. The van der Waals surface area contributed by atoms with Crippen LogP contribution in [0.15, 0.2) is 182 Å². The summed E-state index contributed by atoms with van der Waals surface area (Å²) in [7, 11) is 0. The predicted octanol–water partition coefficient (Wildman–Crippen LogP) is 15.0. The summed E-state index contributed by atoms with van der Waals surface area (Å²) in [6, 6.07) is 55.2. The molecule has 0 saturated heterocycles. The minimum Gasteiger partial charge on any atom is -0.355 e. The standard InChI is InChI=1S/C28H20N2.C25H23N/c1-2-18-16-24-26(17-25(18)29-19-10-4-3-5-11-19)30-28-23-15-9-7-13-21(23)20-12-6-8-14-22(20)27(24)28;1-4-9-23-20(5-2)11-8-12-24(23)21-16-14-19(15-17-21)18-22-10-6-7-13-25(22)26-3/h2-17,29-30H,1H2;4-17H,2-3,18H2,1H3/b;9-4-. The number of hydrogen-bond acceptors (Lipinski definition) is 2. The zero-order valence-corrected chi connectivity index (χ0v) is 31.6. The number of nitrogens with zero attached hydrogens (tertiary/aromatic N) is 1. The first-order chi connectivity index (χ1) is 27.6. The monoisotopic (exact) mass is 721 g/mol. The van der Waals surface area contributed by atoms with Gasteiger partial charge in [0.15, 0.2) is 0 Å². The molecule has 0 unspecified atom stereocenters. The minimum absolute atomic E-state index is 0.851. The number of aromatic nitrogens is 1. The average molecular weight is 722 g/mol. The van der Waals surface area contributed by atoms with Crippen molar-refractivity contribution in [1.29, 1.82) is 0 Å². The number of allylic oxidation sites excluding steroid dienone is 1. The van der Waals surface area contributed by atoms with Crippen LogP contribution in [0, 0.1) is 0 Å². The second-order valence-electron chi connectivity index (χ2n) is 13.8. The first-order valence-electron chi connectivity index (χ1n) is 19.0. The van der Waals surface area contributed by atoms with Crippen LogP contribution in [0.1, 0.15) is 34.7 Å². The highest BCUT2D eigenvalue weighted by atomic mass is 14.9. The molecule has 0 amide bonds. The van der Waals surface area contributed by atoms with Crippen molar-refractivity contribution in [2.75, 3.05) is 5.32 Å². The van der Waals surface area contributed by atoms with Crippen LogP contribution in [0.2, 0.25) is 0 Å². The second kappa shape index (κ2) is 16.0. The van der Waals surface area contributed by atoms with E-state index in [1.54, 1.807) is 0 Å². The molecule has 0 radical (unpaired) electrons. The van der Waals surface area contributed by atoms with Gasteiger partial charge < -0.3 is 10.3 Å². The second-order valence-corrected chi connectivity index (χ2v) is 13.8. The molecule has 0 atom stereocenters. The highest BCUT2D eigenvalue weighted by Crippen LogP contribution is 2.41. The minimum atomic E-state index is 0.851. The number of nitrogens with one attached hydrogen (secondary N) is 2. The normalized spacial score (nSPS) is 11.2. The van der Waals surface area contributed by atoms with Crippen molar-refractivity contribution in [2.45, 2.75) is 13.3 Å². The third-order valence-corrected chi connectivity index (χ3v) is 10.4. The number of anilines is 2. The third-order valence-electron chi connectivity index (χ3n) is 10.4. The predicted molar refractivity (Wildman–Crippen MR) is 246 cm³/mol. The molecular weight excluding hydrogens is 679 g/mol. The van der Waals surface area contributed by atoms with Gasteiger partial charge in [0.1, 0.15) is 0 Å². The molecule has 1 aromatic heterocycles. The molecule has 8 aromatic carbocycles. The molecule has 0 aliphatic rings. The Balaban J connectivity index is 0.000000160. The molecule has 56 heavy (non-hydrogen) atoms. The summed E-state index contributed by atoms with van der Waals surface area (Å²) in [5, 5.41) is 11.1. The molecule has 9 rings (SSSR count). The van der Waals surface area contributed by atoms with E-state index in [4.69, 9.17) is 0 Å².